The van der Waals surface area contributed by atoms with E-state index in [9.17, 15) is 0 Å². The summed E-state index contributed by atoms with van der Waals surface area (Å²) in [6.45, 7) is 7.43. The maximum Gasteiger partial charge on any atom is 0.0702 e. The first kappa shape index (κ1) is 13.9. The van der Waals surface area contributed by atoms with Gasteiger partial charge in [-0.25, -0.2) is 0 Å². The summed E-state index contributed by atoms with van der Waals surface area (Å²) in [5.74, 6) is 0. The van der Waals surface area contributed by atoms with Crippen LogP contribution in [0.2, 0.25) is 0 Å². The Balaban J connectivity index is 2.04. The molecule has 2 unspecified atom stereocenters. The normalized spacial score (nSPS) is 25.9. The second kappa shape index (κ2) is 7.22. The lowest BCUT2D eigenvalue weighted by Crippen LogP contribution is -2.41. The van der Waals surface area contributed by atoms with Crippen molar-refractivity contribution in [3.05, 3.63) is 0 Å². The molecule has 1 aliphatic rings. The van der Waals surface area contributed by atoms with Crippen molar-refractivity contribution in [1.29, 1.82) is 0 Å². The van der Waals surface area contributed by atoms with Gasteiger partial charge in [0.05, 0.1) is 6.10 Å². The second-order valence-corrected chi connectivity index (χ2v) is 4.97. The molecule has 96 valence electrons. The van der Waals surface area contributed by atoms with Crippen molar-refractivity contribution >= 4 is 0 Å². The molecule has 1 saturated heterocycles. The molecule has 1 fully saturated rings. The number of hydrogen-bond donors (Lipinski definition) is 1. The van der Waals surface area contributed by atoms with Crippen LogP contribution in [-0.4, -0.2) is 75.9 Å². The van der Waals surface area contributed by atoms with Gasteiger partial charge in [-0.2, -0.15) is 0 Å². The van der Waals surface area contributed by atoms with Crippen molar-refractivity contribution in [3.63, 3.8) is 0 Å². The Hall–Kier alpha value is -0.160. The van der Waals surface area contributed by atoms with E-state index in [4.69, 9.17) is 4.74 Å². The Morgan fingerprint density at radius 1 is 1.19 bits per heavy atom. The maximum absolute atomic E-state index is 5.58. The van der Waals surface area contributed by atoms with Crippen molar-refractivity contribution in [3.8, 4) is 0 Å². The lowest BCUT2D eigenvalue weighted by Gasteiger charge is -2.26. The largest absolute Gasteiger partial charge is 0.377 e. The third kappa shape index (κ3) is 4.78. The smallest absolute Gasteiger partial charge is 0.0702 e. The van der Waals surface area contributed by atoms with Crippen LogP contribution >= 0.6 is 0 Å². The predicted octanol–water partition coefficient (Wildman–Crippen LogP) is 0.247. The van der Waals surface area contributed by atoms with Crippen LogP contribution in [0.25, 0.3) is 0 Å². The molecule has 1 rings (SSSR count). The highest BCUT2D eigenvalue weighted by atomic mass is 16.5. The van der Waals surface area contributed by atoms with E-state index in [1.165, 1.54) is 6.42 Å². The number of ether oxygens (including phenoxy) is 1. The molecule has 0 bridgehead atoms. The minimum atomic E-state index is 0.395. The van der Waals surface area contributed by atoms with Gasteiger partial charge in [-0.3, -0.25) is 4.90 Å². The SMILES string of the molecule is CC1OCCC1N(C)CCNCCN(C)C. The van der Waals surface area contributed by atoms with Crippen molar-refractivity contribution in [1.82, 2.24) is 15.1 Å². The van der Waals surface area contributed by atoms with Crippen molar-refractivity contribution in [2.75, 3.05) is 53.9 Å². The number of hydrogen-bond acceptors (Lipinski definition) is 4. The van der Waals surface area contributed by atoms with Gasteiger partial charge in [0.1, 0.15) is 0 Å². The monoisotopic (exact) mass is 229 g/mol. The molecule has 1 aliphatic heterocycles. The molecule has 0 aliphatic carbocycles. The zero-order chi connectivity index (χ0) is 12.0. The summed E-state index contributed by atoms with van der Waals surface area (Å²) in [4.78, 5) is 4.62. The highest BCUT2D eigenvalue weighted by Crippen LogP contribution is 2.17. The van der Waals surface area contributed by atoms with Gasteiger partial charge < -0.3 is 15.0 Å². The van der Waals surface area contributed by atoms with E-state index in [0.29, 0.717) is 12.1 Å². The fraction of sp³-hybridized carbons (Fsp3) is 1.00. The first-order valence-electron chi connectivity index (χ1n) is 6.28. The van der Waals surface area contributed by atoms with E-state index in [1.807, 2.05) is 0 Å². The van der Waals surface area contributed by atoms with Crippen molar-refractivity contribution < 1.29 is 4.74 Å². The Morgan fingerprint density at radius 3 is 2.44 bits per heavy atom. The summed E-state index contributed by atoms with van der Waals surface area (Å²) >= 11 is 0. The first-order chi connectivity index (χ1) is 7.61. The molecular formula is C12H27N3O. The number of nitrogens with zero attached hydrogens (tertiary/aromatic N) is 2. The van der Waals surface area contributed by atoms with Crippen LogP contribution in [0.4, 0.5) is 0 Å². The molecular weight excluding hydrogens is 202 g/mol. The molecule has 4 heteroatoms. The number of nitrogens with one attached hydrogen (secondary N) is 1. The van der Waals surface area contributed by atoms with E-state index in [0.717, 1.165) is 32.8 Å². The molecule has 16 heavy (non-hydrogen) atoms. The topological polar surface area (TPSA) is 27.7 Å². The molecule has 0 aromatic carbocycles. The lowest BCUT2D eigenvalue weighted by molar-refractivity contribution is 0.0840. The highest BCUT2D eigenvalue weighted by Gasteiger charge is 2.27. The average Bonchev–Trinajstić information content (AvgIpc) is 2.63. The summed E-state index contributed by atoms with van der Waals surface area (Å²) in [6, 6.07) is 0.607. The number of likely N-dealkylation sites (N-methyl/N-ethyl adjacent to an activating group) is 2. The zero-order valence-corrected chi connectivity index (χ0v) is 11.2. The van der Waals surface area contributed by atoms with Gasteiger partial charge >= 0.3 is 0 Å². The Kier molecular flexibility index (Phi) is 6.28. The summed E-state index contributed by atoms with van der Waals surface area (Å²) in [6.07, 6.45) is 1.57. The van der Waals surface area contributed by atoms with Gasteiger partial charge in [-0.05, 0) is 34.5 Å². The summed E-state index contributed by atoms with van der Waals surface area (Å²) in [5.41, 5.74) is 0. The van der Waals surface area contributed by atoms with Gasteiger partial charge in [0.25, 0.3) is 0 Å². The molecule has 0 saturated carbocycles. The molecule has 0 spiro atoms. The average molecular weight is 229 g/mol. The van der Waals surface area contributed by atoms with Crippen LogP contribution in [0.3, 0.4) is 0 Å². The van der Waals surface area contributed by atoms with Crippen LogP contribution in [0.1, 0.15) is 13.3 Å². The highest BCUT2D eigenvalue weighted by molar-refractivity contribution is 4.80. The molecule has 0 radical (unpaired) electrons. The second-order valence-electron chi connectivity index (χ2n) is 4.97. The molecule has 0 aromatic heterocycles. The van der Waals surface area contributed by atoms with Crippen LogP contribution in [0.5, 0.6) is 0 Å². The van der Waals surface area contributed by atoms with Gasteiger partial charge in [0, 0.05) is 38.8 Å². The zero-order valence-electron chi connectivity index (χ0n) is 11.2. The molecule has 2 atom stereocenters. The van der Waals surface area contributed by atoms with E-state index >= 15 is 0 Å². The van der Waals surface area contributed by atoms with E-state index in [1.54, 1.807) is 0 Å². The Bertz CT molecular complexity index is 187. The fourth-order valence-electron chi connectivity index (χ4n) is 2.15. The van der Waals surface area contributed by atoms with Crippen molar-refractivity contribution in [2.45, 2.75) is 25.5 Å². The fourth-order valence-corrected chi connectivity index (χ4v) is 2.15. The van der Waals surface area contributed by atoms with Gasteiger partial charge in [0.15, 0.2) is 0 Å². The maximum atomic E-state index is 5.58. The Morgan fingerprint density at radius 2 is 1.88 bits per heavy atom. The molecule has 4 nitrogen and oxygen atoms in total. The Labute approximate surface area is 99.9 Å². The van der Waals surface area contributed by atoms with Gasteiger partial charge in [0.2, 0.25) is 0 Å². The lowest BCUT2D eigenvalue weighted by atomic mass is 10.1. The third-order valence-electron chi connectivity index (χ3n) is 3.28. The molecule has 1 N–H and O–H groups in total. The molecule has 0 aromatic rings. The van der Waals surface area contributed by atoms with E-state index in [-0.39, 0.29) is 0 Å². The standard InChI is InChI=1S/C12H27N3O/c1-11-12(5-10-16-11)15(4)9-7-13-6-8-14(2)3/h11-13H,5-10H2,1-4H3. The third-order valence-corrected chi connectivity index (χ3v) is 3.28. The number of rotatable bonds is 7. The van der Waals surface area contributed by atoms with Crippen molar-refractivity contribution in [2.24, 2.45) is 0 Å². The van der Waals surface area contributed by atoms with Crippen LogP contribution in [0, 0.1) is 0 Å². The summed E-state index contributed by atoms with van der Waals surface area (Å²) in [5, 5.41) is 3.46. The molecule has 0 amide bonds. The quantitative estimate of drug-likeness (QED) is 0.633. The van der Waals surface area contributed by atoms with E-state index < -0.39 is 0 Å². The van der Waals surface area contributed by atoms with Crippen LogP contribution < -0.4 is 5.32 Å². The van der Waals surface area contributed by atoms with Gasteiger partial charge in [-0.1, -0.05) is 0 Å². The molecule has 1 heterocycles. The summed E-state index contributed by atoms with van der Waals surface area (Å²) < 4.78 is 5.58. The van der Waals surface area contributed by atoms with Gasteiger partial charge in [-0.15, -0.1) is 0 Å². The summed E-state index contributed by atoms with van der Waals surface area (Å²) in [7, 11) is 6.40. The van der Waals surface area contributed by atoms with Crippen LogP contribution in [0.15, 0.2) is 0 Å². The predicted molar refractivity (Wildman–Crippen MR) is 67.9 cm³/mol. The minimum absolute atomic E-state index is 0.395. The minimum Gasteiger partial charge on any atom is -0.377 e. The first-order valence-corrected chi connectivity index (χ1v) is 6.28. The van der Waals surface area contributed by atoms with Crippen LogP contribution in [-0.2, 0) is 4.74 Å². The van der Waals surface area contributed by atoms with E-state index in [2.05, 4.69) is 43.2 Å².